The molecule has 0 bridgehead atoms. The Balaban J connectivity index is 1.30. The van der Waals surface area contributed by atoms with Crippen LogP contribution in [0.15, 0.2) is 36.9 Å². The number of fused-ring (bicyclic) bond motifs is 1. The number of rotatable bonds is 3. The predicted octanol–water partition coefficient (Wildman–Crippen LogP) is 7.12. The molecule has 0 heterocycles. The average Bonchev–Trinajstić information content (AvgIpc) is 2.68. The maximum absolute atomic E-state index is 13.1. The SMILES string of the molecule is C=CC1CCC2CC(C3CCC(c4ccc(F)cc4)CC3)CCC2C1. The van der Waals surface area contributed by atoms with Gasteiger partial charge in [0.05, 0.1) is 0 Å². The number of allylic oxidation sites excluding steroid dienone is 1. The van der Waals surface area contributed by atoms with Crippen molar-refractivity contribution in [1.82, 2.24) is 0 Å². The molecule has 4 rings (SSSR count). The van der Waals surface area contributed by atoms with Gasteiger partial charge in [-0.05, 0) is 117 Å². The molecule has 3 aliphatic rings. The lowest BCUT2D eigenvalue weighted by atomic mass is 9.61. The van der Waals surface area contributed by atoms with E-state index in [9.17, 15) is 4.39 Å². The molecule has 0 aliphatic heterocycles. The minimum Gasteiger partial charge on any atom is -0.207 e. The van der Waals surface area contributed by atoms with Crippen LogP contribution in [0.4, 0.5) is 4.39 Å². The molecule has 25 heavy (non-hydrogen) atoms. The molecule has 136 valence electrons. The molecule has 0 N–H and O–H groups in total. The summed E-state index contributed by atoms with van der Waals surface area (Å²) in [5, 5.41) is 0. The van der Waals surface area contributed by atoms with Gasteiger partial charge >= 0.3 is 0 Å². The van der Waals surface area contributed by atoms with Crippen molar-refractivity contribution in [2.24, 2.45) is 29.6 Å². The molecule has 0 amide bonds. The van der Waals surface area contributed by atoms with E-state index in [1.54, 1.807) is 12.1 Å². The van der Waals surface area contributed by atoms with Crippen molar-refractivity contribution >= 4 is 0 Å². The van der Waals surface area contributed by atoms with Crippen molar-refractivity contribution in [3.63, 3.8) is 0 Å². The summed E-state index contributed by atoms with van der Waals surface area (Å²) in [6, 6.07) is 7.26. The highest BCUT2D eigenvalue weighted by Gasteiger charge is 2.38. The fraction of sp³-hybridized carbons (Fsp3) is 0.667. The quantitative estimate of drug-likeness (QED) is 0.514. The van der Waals surface area contributed by atoms with Gasteiger partial charge in [0, 0.05) is 0 Å². The van der Waals surface area contributed by atoms with E-state index in [0.717, 1.165) is 29.6 Å². The lowest BCUT2D eigenvalue weighted by molar-refractivity contribution is 0.0719. The molecule has 3 aliphatic carbocycles. The normalized spacial score (nSPS) is 38.8. The summed E-state index contributed by atoms with van der Waals surface area (Å²) in [5.41, 5.74) is 1.35. The zero-order valence-corrected chi connectivity index (χ0v) is 15.5. The number of benzene rings is 1. The first-order valence-corrected chi connectivity index (χ1v) is 10.6. The molecule has 1 aromatic rings. The van der Waals surface area contributed by atoms with E-state index in [0.29, 0.717) is 5.92 Å². The van der Waals surface area contributed by atoms with Crippen LogP contribution in [-0.4, -0.2) is 0 Å². The van der Waals surface area contributed by atoms with Crippen LogP contribution in [0.5, 0.6) is 0 Å². The molecule has 4 unspecified atom stereocenters. The highest BCUT2D eigenvalue weighted by Crippen LogP contribution is 2.49. The van der Waals surface area contributed by atoms with Gasteiger partial charge < -0.3 is 0 Å². The fourth-order valence-corrected chi connectivity index (χ4v) is 6.26. The molecule has 1 heteroatoms. The van der Waals surface area contributed by atoms with E-state index in [2.05, 4.69) is 12.7 Å². The molecule has 0 aromatic heterocycles. The second-order valence-corrected chi connectivity index (χ2v) is 9.07. The Hall–Kier alpha value is -1.11. The van der Waals surface area contributed by atoms with Gasteiger partial charge in [0.15, 0.2) is 0 Å². The van der Waals surface area contributed by atoms with Crippen molar-refractivity contribution < 1.29 is 4.39 Å². The number of hydrogen-bond acceptors (Lipinski definition) is 0. The highest BCUT2D eigenvalue weighted by molar-refractivity contribution is 5.21. The molecule has 0 saturated heterocycles. The van der Waals surface area contributed by atoms with Gasteiger partial charge in [-0.1, -0.05) is 18.2 Å². The van der Waals surface area contributed by atoms with Crippen LogP contribution in [0.3, 0.4) is 0 Å². The Morgan fingerprint density at radius 2 is 1.28 bits per heavy atom. The first kappa shape index (κ1) is 17.3. The summed E-state index contributed by atoms with van der Waals surface area (Å²) in [6.07, 6.45) is 16.3. The fourth-order valence-electron chi connectivity index (χ4n) is 6.26. The largest absolute Gasteiger partial charge is 0.207 e. The van der Waals surface area contributed by atoms with Crippen molar-refractivity contribution in [1.29, 1.82) is 0 Å². The summed E-state index contributed by atoms with van der Waals surface area (Å²) in [4.78, 5) is 0. The van der Waals surface area contributed by atoms with Gasteiger partial charge in [0.1, 0.15) is 5.82 Å². The molecule has 4 atom stereocenters. The smallest absolute Gasteiger partial charge is 0.123 e. The predicted molar refractivity (Wildman–Crippen MR) is 103 cm³/mol. The lowest BCUT2D eigenvalue weighted by Gasteiger charge is -2.45. The van der Waals surface area contributed by atoms with Crippen LogP contribution in [0, 0.1) is 35.4 Å². The van der Waals surface area contributed by atoms with Crippen LogP contribution in [0.25, 0.3) is 0 Å². The summed E-state index contributed by atoms with van der Waals surface area (Å²) in [6.45, 7) is 4.03. The molecule has 3 saturated carbocycles. The van der Waals surface area contributed by atoms with Gasteiger partial charge in [-0.15, -0.1) is 6.58 Å². The molecule has 0 nitrogen and oxygen atoms in total. The lowest BCUT2D eigenvalue weighted by Crippen LogP contribution is -2.34. The number of hydrogen-bond donors (Lipinski definition) is 0. The zero-order chi connectivity index (χ0) is 17.2. The molecular formula is C24H33F. The summed E-state index contributed by atoms with van der Waals surface area (Å²) >= 11 is 0. The second-order valence-electron chi connectivity index (χ2n) is 9.07. The van der Waals surface area contributed by atoms with E-state index < -0.39 is 0 Å². The van der Waals surface area contributed by atoms with E-state index in [-0.39, 0.29) is 5.82 Å². The summed E-state index contributed by atoms with van der Waals surface area (Å²) in [7, 11) is 0. The maximum atomic E-state index is 13.1. The van der Waals surface area contributed by atoms with Crippen molar-refractivity contribution in [2.75, 3.05) is 0 Å². The van der Waals surface area contributed by atoms with Gasteiger partial charge in [0.25, 0.3) is 0 Å². The van der Waals surface area contributed by atoms with Gasteiger partial charge in [-0.25, -0.2) is 4.39 Å². The molecular weight excluding hydrogens is 307 g/mol. The van der Waals surface area contributed by atoms with Gasteiger partial charge in [0.2, 0.25) is 0 Å². The highest BCUT2D eigenvalue weighted by atomic mass is 19.1. The van der Waals surface area contributed by atoms with E-state index in [1.165, 1.54) is 69.8 Å². The van der Waals surface area contributed by atoms with Crippen molar-refractivity contribution in [3.05, 3.63) is 48.3 Å². The van der Waals surface area contributed by atoms with Crippen LogP contribution < -0.4 is 0 Å². The Morgan fingerprint density at radius 1 is 0.720 bits per heavy atom. The Bertz CT molecular complexity index is 566. The van der Waals surface area contributed by atoms with Crippen LogP contribution in [-0.2, 0) is 0 Å². The third kappa shape index (κ3) is 3.86. The third-order valence-electron chi connectivity index (χ3n) is 7.81. The van der Waals surface area contributed by atoms with Crippen molar-refractivity contribution in [3.8, 4) is 0 Å². The van der Waals surface area contributed by atoms with E-state index in [1.807, 2.05) is 12.1 Å². The van der Waals surface area contributed by atoms with Crippen LogP contribution in [0.1, 0.15) is 75.7 Å². The molecule has 1 aromatic carbocycles. The monoisotopic (exact) mass is 340 g/mol. The Morgan fingerprint density at radius 3 is 1.96 bits per heavy atom. The Kier molecular flexibility index (Phi) is 5.29. The second kappa shape index (κ2) is 7.64. The standard InChI is InChI=1S/C24H33F/c1-2-17-3-4-23-16-22(10-9-21(23)15-17)20-7-5-18(6-8-20)19-11-13-24(25)14-12-19/h2,11-14,17-18,20-23H,1,3-10,15-16H2. The summed E-state index contributed by atoms with van der Waals surface area (Å²) < 4.78 is 13.1. The van der Waals surface area contributed by atoms with Gasteiger partial charge in [-0.3, -0.25) is 0 Å². The first-order valence-electron chi connectivity index (χ1n) is 10.6. The minimum absolute atomic E-state index is 0.111. The number of halogens is 1. The zero-order valence-electron chi connectivity index (χ0n) is 15.5. The first-order chi connectivity index (χ1) is 12.2. The molecule has 0 radical (unpaired) electrons. The van der Waals surface area contributed by atoms with E-state index in [4.69, 9.17) is 0 Å². The van der Waals surface area contributed by atoms with Gasteiger partial charge in [-0.2, -0.15) is 0 Å². The maximum Gasteiger partial charge on any atom is 0.123 e. The van der Waals surface area contributed by atoms with Crippen LogP contribution in [0.2, 0.25) is 0 Å². The minimum atomic E-state index is -0.111. The molecule has 3 fully saturated rings. The van der Waals surface area contributed by atoms with Crippen molar-refractivity contribution in [2.45, 2.75) is 70.1 Å². The topological polar surface area (TPSA) is 0 Å². The van der Waals surface area contributed by atoms with Crippen LogP contribution >= 0.6 is 0 Å². The summed E-state index contributed by atoms with van der Waals surface area (Å²) in [5.74, 6) is 5.28. The average molecular weight is 341 g/mol. The third-order valence-corrected chi connectivity index (χ3v) is 7.81. The van der Waals surface area contributed by atoms with E-state index >= 15 is 0 Å². The Labute approximate surface area is 152 Å². The molecule has 0 spiro atoms.